The number of nitrogens with one attached hydrogen (secondary N) is 1. The zero-order chi connectivity index (χ0) is 12.9. The normalized spacial score (nSPS) is 10.8. The smallest absolute Gasteiger partial charge is 0.407 e. The highest BCUT2D eigenvalue weighted by atomic mass is 16.6. The second-order valence-corrected chi connectivity index (χ2v) is 4.65. The van der Waals surface area contributed by atoms with Gasteiger partial charge in [0.2, 0.25) is 6.29 Å². The van der Waals surface area contributed by atoms with E-state index in [9.17, 15) is 9.59 Å². The van der Waals surface area contributed by atoms with E-state index in [1.54, 1.807) is 51.3 Å². The lowest BCUT2D eigenvalue weighted by Gasteiger charge is -2.19. The number of amides is 1. The van der Waals surface area contributed by atoms with Gasteiger partial charge in [-0.3, -0.25) is 4.79 Å². The molecular weight excluding hydrogens is 218 g/mol. The van der Waals surface area contributed by atoms with Crippen LogP contribution in [0.5, 0.6) is 0 Å². The first-order valence-corrected chi connectivity index (χ1v) is 5.34. The molecule has 0 heterocycles. The average Bonchev–Trinajstić information content (AvgIpc) is 2.25. The van der Waals surface area contributed by atoms with Crippen LogP contribution < -0.4 is 5.32 Å². The Morgan fingerprint density at radius 2 is 1.88 bits per heavy atom. The summed E-state index contributed by atoms with van der Waals surface area (Å²) in [5.74, 6) is 0. The maximum absolute atomic E-state index is 11.4. The van der Waals surface area contributed by atoms with Crippen molar-refractivity contribution in [1.29, 1.82) is 0 Å². The Labute approximate surface area is 101 Å². The molecule has 0 aliphatic rings. The van der Waals surface area contributed by atoms with Crippen LogP contribution in [0.25, 0.3) is 0 Å². The van der Waals surface area contributed by atoms with E-state index in [4.69, 9.17) is 4.74 Å². The van der Waals surface area contributed by atoms with Crippen molar-refractivity contribution in [2.45, 2.75) is 32.9 Å². The Bertz CT molecular complexity index is 390. The highest BCUT2D eigenvalue weighted by Crippen LogP contribution is 2.07. The van der Waals surface area contributed by atoms with Gasteiger partial charge in [0.1, 0.15) is 5.60 Å². The van der Waals surface area contributed by atoms with Crippen molar-refractivity contribution >= 4 is 12.4 Å². The molecule has 0 fully saturated rings. The molecule has 17 heavy (non-hydrogen) atoms. The minimum Gasteiger partial charge on any atom is -0.444 e. The highest BCUT2D eigenvalue weighted by Gasteiger charge is 2.15. The molecule has 91 valence electrons. The number of benzene rings is 1. The Hall–Kier alpha value is -1.84. The zero-order valence-corrected chi connectivity index (χ0v) is 10.2. The predicted molar refractivity (Wildman–Crippen MR) is 64.3 cm³/mol. The standard InChI is InChI=1S/C13H16NO3/c1-13(2,3)17-12(16)14-8-10-4-6-11(9-15)7-5-10/h4-7H,8H2,1-3H3,(H,14,16). The van der Waals surface area contributed by atoms with E-state index < -0.39 is 11.7 Å². The minimum atomic E-state index is -0.500. The molecule has 1 N–H and O–H groups in total. The number of carbonyl (C=O) groups is 1. The summed E-state index contributed by atoms with van der Waals surface area (Å²) in [7, 11) is 0. The summed E-state index contributed by atoms with van der Waals surface area (Å²) in [5, 5.41) is 2.63. The molecule has 0 atom stereocenters. The molecule has 0 saturated carbocycles. The van der Waals surface area contributed by atoms with Crippen LogP contribution in [0.2, 0.25) is 0 Å². The van der Waals surface area contributed by atoms with Gasteiger partial charge in [0.15, 0.2) is 0 Å². The van der Waals surface area contributed by atoms with Crippen LogP contribution in [0.4, 0.5) is 4.79 Å². The number of hydrogen-bond donors (Lipinski definition) is 1. The molecule has 0 aromatic heterocycles. The highest BCUT2D eigenvalue weighted by molar-refractivity contribution is 5.75. The summed E-state index contributed by atoms with van der Waals surface area (Å²) in [6.07, 6.45) is 1.33. The molecule has 0 saturated heterocycles. The van der Waals surface area contributed by atoms with Crippen molar-refractivity contribution in [2.75, 3.05) is 0 Å². The number of ether oxygens (including phenoxy) is 1. The minimum absolute atomic E-state index is 0.369. The fourth-order valence-electron chi connectivity index (χ4n) is 1.18. The molecule has 0 aliphatic carbocycles. The lowest BCUT2D eigenvalue weighted by atomic mass is 10.1. The van der Waals surface area contributed by atoms with Gasteiger partial charge in [-0.15, -0.1) is 0 Å². The van der Waals surface area contributed by atoms with Gasteiger partial charge in [0.05, 0.1) is 0 Å². The van der Waals surface area contributed by atoms with Crippen LogP contribution in [0, 0.1) is 0 Å². The van der Waals surface area contributed by atoms with Gasteiger partial charge in [-0.05, 0) is 26.3 Å². The van der Waals surface area contributed by atoms with E-state index in [-0.39, 0.29) is 0 Å². The zero-order valence-electron chi connectivity index (χ0n) is 10.2. The third-order valence-electron chi connectivity index (χ3n) is 1.91. The quantitative estimate of drug-likeness (QED) is 0.872. The van der Waals surface area contributed by atoms with Crippen LogP contribution in [0.3, 0.4) is 0 Å². The molecule has 4 heteroatoms. The van der Waals surface area contributed by atoms with Crippen LogP contribution in [-0.2, 0) is 16.1 Å². The molecule has 1 rings (SSSR count). The fourth-order valence-corrected chi connectivity index (χ4v) is 1.18. The SMILES string of the molecule is CC(C)(C)OC(=O)NCc1ccc([C]=O)cc1. The Kier molecular flexibility index (Phi) is 4.26. The predicted octanol–water partition coefficient (Wildman–Crippen LogP) is 2.17. The van der Waals surface area contributed by atoms with Crippen LogP contribution >= 0.6 is 0 Å². The topological polar surface area (TPSA) is 55.4 Å². The third-order valence-corrected chi connectivity index (χ3v) is 1.91. The van der Waals surface area contributed by atoms with Gasteiger partial charge in [-0.2, -0.15) is 0 Å². The maximum Gasteiger partial charge on any atom is 0.407 e. The van der Waals surface area contributed by atoms with Gasteiger partial charge in [0.25, 0.3) is 0 Å². The summed E-state index contributed by atoms with van der Waals surface area (Å²) < 4.78 is 5.09. The van der Waals surface area contributed by atoms with Gasteiger partial charge >= 0.3 is 6.09 Å². The molecule has 1 aromatic rings. The maximum atomic E-state index is 11.4. The van der Waals surface area contributed by atoms with Crippen molar-refractivity contribution in [3.63, 3.8) is 0 Å². The number of alkyl carbamates (subject to hydrolysis) is 1. The average molecular weight is 234 g/mol. The lowest BCUT2D eigenvalue weighted by Crippen LogP contribution is -2.32. The summed E-state index contributed by atoms with van der Waals surface area (Å²) in [5.41, 5.74) is 0.890. The van der Waals surface area contributed by atoms with Gasteiger partial charge in [-0.1, -0.05) is 24.3 Å². The molecule has 0 bridgehead atoms. The van der Waals surface area contributed by atoms with Crippen molar-refractivity contribution in [3.8, 4) is 0 Å². The van der Waals surface area contributed by atoms with E-state index in [1.807, 2.05) is 0 Å². The molecule has 0 unspecified atom stereocenters. The molecule has 4 nitrogen and oxygen atoms in total. The Morgan fingerprint density at radius 3 is 2.35 bits per heavy atom. The number of hydrogen-bond acceptors (Lipinski definition) is 3. The van der Waals surface area contributed by atoms with E-state index in [1.165, 1.54) is 0 Å². The third kappa shape index (κ3) is 5.15. The van der Waals surface area contributed by atoms with E-state index in [0.717, 1.165) is 5.56 Å². The van der Waals surface area contributed by atoms with Crippen LogP contribution in [-0.4, -0.2) is 18.0 Å². The first-order valence-electron chi connectivity index (χ1n) is 5.34. The van der Waals surface area contributed by atoms with E-state index in [0.29, 0.717) is 12.1 Å². The van der Waals surface area contributed by atoms with Gasteiger partial charge in [-0.25, -0.2) is 4.79 Å². The van der Waals surface area contributed by atoms with Crippen molar-refractivity contribution in [1.82, 2.24) is 5.32 Å². The summed E-state index contributed by atoms with van der Waals surface area (Å²) >= 11 is 0. The second-order valence-electron chi connectivity index (χ2n) is 4.65. The fraction of sp³-hybridized carbons (Fsp3) is 0.385. The molecule has 0 aliphatic heterocycles. The molecule has 0 spiro atoms. The van der Waals surface area contributed by atoms with Crippen molar-refractivity contribution in [2.24, 2.45) is 0 Å². The van der Waals surface area contributed by atoms with Gasteiger partial charge < -0.3 is 10.1 Å². The Balaban J connectivity index is 2.44. The largest absolute Gasteiger partial charge is 0.444 e. The molecule has 1 aromatic carbocycles. The summed E-state index contributed by atoms with van der Waals surface area (Å²) in [6.45, 7) is 5.79. The van der Waals surface area contributed by atoms with Crippen molar-refractivity contribution < 1.29 is 14.3 Å². The number of carbonyl (C=O) groups excluding carboxylic acids is 2. The second kappa shape index (κ2) is 5.48. The first-order chi connectivity index (χ1) is 7.90. The van der Waals surface area contributed by atoms with Crippen molar-refractivity contribution in [3.05, 3.63) is 35.4 Å². The first kappa shape index (κ1) is 13.2. The molecule has 1 radical (unpaired) electrons. The number of rotatable bonds is 3. The van der Waals surface area contributed by atoms with Crippen LogP contribution in [0.1, 0.15) is 31.9 Å². The summed E-state index contributed by atoms with van der Waals surface area (Å²) in [6, 6.07) is 6.83. The van der Waals surface area contributed by atoms with Gasteiger partial charge in [0, 0.05) is 12.1 Å². The summed E-state index contributed by atoms with van der Waals surface area (Å²) in [4.78, 5) is 21.7. The van der Waals surface area contributed by atoms with Crippen LogP contribution in [0.15, 0.2) is 24.3 Å². The monoisotopic (exact) mass is 234 g/mol. The molecular formula is C13H16NO3. The lowest BCUT2D eigenvalue weighted by molar-refractivity contribution is 0.0523. The van der Waals surface area contributed by atoms with E-state index in [2.05, 4.69) is 5.32 Å². The molecule has 1 amide bonds. The Morgan fingerprint density at radius 1 is 1.29 bits per heavy atom. The van der Waals surface area contributed by atoms with E-state index >= 15 is 0 Å².